The number of nitrogens with one attached hydrogen (secondary N) is 2. The van der Waals surface area contributed by atoms with Crippen LogP contribution in [0.2, 0.25) is 5.02 Å². The Hall–Kier alpha value is -4.95. The molecule has 0 bridgehead atoms. The van der Waals surface area contributed by atoms with Gasteiger partial charge >= 0.3 is 12.0 Å². The number of amides is 3. The van der Waals surface area contributed by atoms with Crippen LogP contribution >= 0.6 is 11.6 Å². The number of fused-ring (bicyclic) bond motifs is 1. The zero-order valence-electron chi connectivity index (χ0n) is 21.3. The number of urea groups is 1. The van der Waals surface area contributed by atoms with Crippen LogP contribution in [0.25, 0.3) is 0 Å². The molecule has 0 fully saturated rings. The van der Waals surface area contributed by atoms with Gasteiger partial charge in [0.05, 0.1) is 11.4 Å². The maximum absolute atomic E-state index is 13.9. The van der Waals surface area contributed by atoms with Crippen molar-refractivity contribution in [3.8, 4) is 0 Å². The summed E-state index contributed by atoms with van der Waals surface area (Å²) in [5.41, 5.74) is 3.68. The van der Waals surface area contributed by atoms with E-state index in [4.69, 9.17) is 21.3 Å². The van der Waals surface area contributed by atoms with Crippen LogP contribution < -0.4 is 15.5 Å². The number of halogens is 1. The molecule has 2 N–H and O–H groups in total. The van der Waals surface area contributed by atoms with Crippen LogP contribution in [-0.2, 0) is 20.9 Å². The van der Waals surface area contributed by atoms with Crippen molar-refractivity contribution < 1.29 is 19.1 Å². The summed E-state index contributed by atoms with van der Waals surface area (Å²) in [6, 6.07) is 31.7. The van der Waals surface area contributed by atoms with Gasteiger partial charge < -0.3 is 15.4 Å². The highest BCUT2D eigenvalue weighted by molar-refractivity contribution is 6.30. The summed E-state index contributed by atoms with van der Waals surface area (Å²) in [5, 5.41) is 5.86. The molecule has 5 rings (SSSR count). The topological polar surface area (TPSA) is 100 Å². The summed E-state index contributed by atoms with van der Waals surface area (Å²) in [4.78, 5) is 45.8. The number of carbonyl (C=O) groups is 3. The van der Waals surface area contributed by atoms with Gasteiger partial charge in [0.15, 0.2) is 0 Å². The molecule has 0 saturated carbocycles. The first-order valence-electron chi connectivity index (χ1n) is 12.5. The Balaban J connectivity index is 1.45. The highest BCUT2D eigenvalue weighted by Gasteiger charge is 2.34. The lowest BCUT2D eigenvalue weighted by molar-refractivity contribution is -0.144. The number of hydrogen-bond donors (Lipinski definition) is 2. The van der Waals surface area contributed by atoms with Crippen molar-refractivity contribution in [2.45, 2.75) is 12.8 Å². The number of ether oxygens (including phenoxy) is 1. The van der Waals surface area contributed by atoms with Gasteiger partial charge in [0.25, 0.3) is 5.91 Å². The van der Waals surface area contributed by atoms with E-state index in [2.05, 4.69) is 10.6 Å². The molecule has 1 aliphatic heterocycles. The lowest BCUT2D eigenvalue weighted by Crippen LogP contribution is -2.50. The maximum Gasteiger partial charge on any atom is 0.326 e. The van der Waals surface area contributed by atoms with Crippen molar-refractivity contribution in [2.75, 3.05) is 16.8 Å². The summed E-state index contributed by atoms with van der Waals surface area (Å²) >= 11 is 5.94. The van der Waals surface area contributed by atoms with Crippen molar-refractivity contribution >= 4 is 46.6 Å². The van der Waals surface area contributed by atoms with E-state index in [9.17, 15) is 14.4 Å². The SMILES string of the molecule is O=C(Nc1ccc(Cl)cc1)N[C@@H]1N=C(c2ccccc2)c2ccccc2N(CC(=O)OCc2ccccc2)C1=O. The molecule has 4 aromatic carbocycles. The monoisotopic (exact) mass is 552 g/mol. The zero-order chi connectivity index (χ0) is 27.9. The van der Waals surface area contributed by atoms with Crippen LogP contribution in [0.4, 0.5) is 16.2 Å². The van der Waals surface area contributed by atoms with Gasteiger partial charge in [-0.2, -0.15) is 0 Å². The predicted molar refractivity (Wildman–Crippen MR) is 155 cm³/mol. The largest absolute Gasteiger partial charge is 0.459 e. The van der Waals surface area contributed by atoms with Gasteiger partial charge in [-0.3, -0.25) is 14.5 Å². The van der Waals surface area contributed by atoms with Gasteiger partial charge in [-0.15, -0.1) is 0 Å². The van der Waals surface area contributed by atoms with Crippen LogP contribution in [0, 0.1) is 0 Å². The standard InChI is InChI=1S/C31H25ClN4O4/c32-23-15-17-24(18-16-23)33-31(39)35-29-30(38)36(19-27(37)40-20-21-9-3-1-4-10-21)26-14-8-7-13-25(26)28(34-29)22-11-5-2-6-12-22/h1-18,29H,19-20H2,(H2,33,35,39)/t29-/m0/s1. The average Bonchev–Trinajstić information content (AvgIpc) is 3.09. The number of carbonyl (C=O) groups excluding carboxylic acids is 3. The zero-order valence-corrected chi connectivity index (χ0v) is 22.0. The van der Waals surface area contributed by atoms with Crippen molar-refractivity contribution in [3.05, 3.63) is 131 Å². The number of anilines is 2. The van der Waals surface area contributed by atoms with Crippen LogP contribution in [0.1, 0.15) is 16.7 Å². The van der Waals surface area contributed by atoms with E-state index in [-0.39, 0.29) is 13.2 Å². The first kappa shape index (κ1) is 26.6. The number of benzene rings is 4. The fraction of sp³-hybridized carbons (Fsp3) is 0.0968. The Bertz CT molecular complexity index is 1540. The Kier molecular flexibility index (Phi) is 8.18. The molecule has 1 atom stereocenters. The molecule has 1 heterocycles. The Morgan fingerprint density at radius 2 is 1.50 bits per heavy atom. The third-order valence-corrected chi connectivity index (χ3v) is 6.41. The Morgan fingerprint density at radius 3 is 2.23 bits per heavy atom. The molecule has 1 aliphatic rings. The second kappa shape index (κ2) is 12.3. The van der Waals surface area contributed by atoms with Crippen LogP contribution in [-0.4, -0.2) is 36.3 Å². The average molecular weight is 553 g/mol. The first-order valence-corrected chi connectivity index (χ1v) is 12.9. The van der Waals surface area contributed by atoms with E-state index in [0.717, 1.165) is 11.1 Å². The molecule has 0 saturated heterocycles. The fourth-order valence-electron chi connectivity index (χ4n) is 4.25. The second-order valence-corrected chi connectivity index (χ2v) is 9.38. The molecule has 3 amide bonds. The lowest BCUT2D eigenvalue weighted by Gasteiger charge is -2.24. The van der Waals surface area contributed by atoms with Gasteiger partial charge in [-0.1, -0.05) is 90.5 Å². The van der Waals surface area contributed by atoms with Gasteiger partial charge in [0, 0.05) is 21.8 Å². The highest BCUT2D eigenvalue weighted by atomic mass is 35.5. The molecule has 9 heteroatoms. The summed E-state index contributed by atoms with van der Waals surface area (Å²) in [6.45, 7) is -0.294. The number of rotatable bonds is 7. The van der Waals surface area contributed by atoms with E-state index < -0.39 is 24.1 Å². The molecule has 0 unspecified atom stereocenters. The first-order chi connectivity index (χ1) is 19.5. The summed E-state index contributed by atoms with van der Waals surface area (Å²) in [7, 11) is 0. The third kappa shape index (κ3) is 6.36. The molecule has 200 valence electrons. The molecular formula is C31H25ClN4O4. The van der Waals surface area contributed by atoms with Gasteiger partial charge in [-0.05, 0) is 35.9 Å². The second-order valence-electron chi connectivity index (χ2n) is 8.94. The molecule has 0 radical (unpaired) electrons. The van der Waals surface area contributed by atoms with E-state index in [1.807, 2.05) is 72.8 Å². The molecule has 0 aliphatic carbocycles. The molecule has 4 aromatic rings. The van der Waals surface area contributed by atoms with Crippen LogP contribution in [0.15, 0.2) is 114 Å². The van der Waals surface area contributed by atoms with Crippen molar-refractivity contribution in [3.63, 3.8) is 0 Å². The molecule has 40 heavy (non-hydrogen) atoms. The minimum absolute atomic E-state index is 0.0697. The third-order valence-electron chi connectivity index (χ3n) is 6.16. The van der Waals surface area contributed by atoms with Crippen molar-refractivity contribution in [1.82, 2.24) is 5.32 Å². The predicted octanol–water partition coefficient (Wildman–Crippen LogP) is 5.42. The normalized spacial score (nSPS) is 14.4. The summed E-state index contributed by atoms with van der Waals surface area (Å²) in [6.07, 6.45) is -1.32. The van der Waals surface area contributed by atoms with E-state index in [1.165, 1.54) is 4.90 Å². The molecule has 0 aromatic heterocycles. The summed E-state index contributed by atoms with van der Waals surface area (Å²) in [5.74, 6) is -1.18. The van der Waals surface area contributed by atoms with Crippen LogP contribution in [0.5, 0.6) is 0 Å². The number of hydrogen-bond acceptors (Lipinski definition) is 5. The van der Waals surface area contributed by atoms with Gasteiger partial charge in [0.1, 0.15) is 13.2 Å². The quantitative estimate of drug-likeness (QED) is 0.299. The fourth-order valence-corrected chi connectivity index (χ4v) is 4.38. The van der Waals surface area contributed by atoms with E-state index in [0.29, 0.717) is 27.7 Å². The number of para-hydroxylation sites is 1. The molecule has 8 nitrogen and oxygen atoms in total. The smallest absolute Gasteiger partial charge is 0.326 e. The minimum atomic E-state index is -1.32. The minimum Gasteiger partial charge on any atom is -0.459 e. The number of benzodiazepines with no additional fused rings is 1. The van der Waals surface area contributed by atoms with Gasteiger partial charge in [0.2, 0.25) is 6.17 Å². The van der Waals surface area contributed by atoms with Gasteiger partial charge in [-0.25, -0.2) is 9.79 Å². The number of aliphatic imine (C=N–C) groups is 1. The molecule has 0 spiro atoms. The van der Waals surface area contributed by atoms with Crippen molar-refractivity contribution in [1.29, 1.82) is 0 Å². The van der Waals surface area contributed by atoms with E-state index in [1.54, 1.807) is 36.4 Å². The maximum atomic E-state index is 13.9. The molecular weight excluding hydrogens is 528 g/mol. The number of esters is 1. The summed E-state index contributed by atoms with van der Waals surface area (Å²) < 4.78 is 5.47. The number of nitrogens with zero attached hydrogens (tertiary/aromatic N) is 2. The Morgan fingerprint density at radius 1 is 0.850 bits per heavy atom. The Labute approximate surface area is 236 Å². The lowest BCUT2D eigenvalue weighted by atomic mass is 10.0. The van der Waals surface area contributed by atoms with E-state index >= 15 is 0 Å². The highest BCUT2D eigenvalue weighted by Crippen LogP contribution is 2.28. The van der Waals surface area contributed by atoms with Crippen molar-refractivity contribution in [2.24, 2.45) is 4.99 Å². The van der Waals surface area contributed by atoms with Crippen LogP contribution in [0.3, 0.4) is 0 Å².